The first-order valence-corrected chi connectivity index (χ1v) is 7.64. The first-order valence-electron chi connectivity index (χ1n) is 7.27. The maximum absolute atomic E-state index is 11.9. The van der Waals surface area contributed by atoms with Gasteiger partial charge in [0.15, 0.2) is 0 Å². The van der Waals surface area contributed by atoms with E-state index in [1.165, 1.54) is 11.1 Å². The lowest BCUT2D eigenvalue weighted by Crippen LogP contribution is -2.23. The second-order valence-corrected chi connectivity index (χ2v) is 5.45. The third-order valence-corrected chi connectivity index (χ3v) is 3.87. The molecule has 0 aromatic heterocycles. The van der Waals surface area contributed by atoms with Crippen LogP contribution in [0.15, 0.2) is 48.5 Å². The highest BCUT2D eigenvalue weighted by Crippen LogP contribution is 2.14. The van der Waals surface area contributed by atoms with Gasteiger partial charge >= 0.3 is 0 Å². The Morgan fingerprint density at radius 2 is 1.71 bits per heavy atom. The van der Waals surface area contributed by atoms with Crippen molar-refractivity contribution in [2.45, 2.75) is 32.7 Å². The molecule has 0 bridgehead atoms. The molecular weight excluding hydrogens is 282 g/mol. The molecule has 2 aromatic rings. The molecule has 0 radical (unpaired) electrons. The third-order valence-electron chi connectivity index (χ3n) is 3.51. The van der Waals surface area contributed by atoms with Crippen molar-refractivity contribution >= 4 is 17.5 Å². The Balaban J connectivity index is 1.78. The van der Waals surface area contributed by atoms with Crippen molar-refractivity contribution < 1.29 is 4.79 Å². The minimum atomic E-state index is 0.0505. The molecule has 0 aliphatic rings. The lowest BCUT2D eigenvalue weighted by atomic mass is 10.1. The van der Waals surface area contributed by atoms with E-state index in [0.717, 1.165) is 18.4 Å². The second kappa shape index (κ2) is 7.84. The molecule has 0 unspecified atom stereocenters. The fourth-order valence-corrected chi connectivity index (χ4v) is 2.33. The van der Waals surface area contributed by atoms with Crippen LogP contribution in [0, 0.1) is 0 Å². The van der Waals surface area contributed by atoms with Crippen LogP contribution in [0.4, 0.5) is 0 Å². The van der Waals surface area contributed by atoms with Gasteiger partial charge in [0.05, 0.1) is 0 Å². The summed E-state index contributed by atoms with van der Waals surface area (Å²) in [6, 6.07) is 16.0. The molecule has 0 saturated carbocycles. The van der Waals surface area contributed by atoms with E-state index in [1.54, 1.807) is 0 Å². The third kappa shape index (κ3) is 4.91. The topological polar surface area (TPSA) is 29.1 Å². The van der Waals surface area contributed by atoms with Gasteiger partial charge in [-0.2, -0.15) is 0 Å². The first-order chi connectivity index (χ1) is 10.2. The molecule has 3 heteroatoms. The fourth-order valence-electron chi connectivity index (χ4n) is 2.12. The molecule has 2 rings (SSSR count). The van der Waals surface area contributed by atoms with Crippen LogP contribution in [0.5, 0.6) is 0 Å². The van der Waals surface area contributed by atoms with Crippen LogP contribution in [0.25, 0.3) is 0 Å². The van der Waals surface area contributed by atoms with Crippen molar-refractivity contribution in [3.63, 3.8) is 0 Å². The SMILES string of the molecule is CCc1ccc(CCC(=O)NCc2ccccc2Cl)cc1. The highest BCUT2D eigenvalue weighted by molar-refractivity contribution is 6.31. The van der Waals surface area contributed by atoms with E-state index in [9.17, 15) is 4.79 Å². The van der Waals surface area contributed by atoms with Gasteiger partial charge in [0.25, 0.3) is 0 Å². The number of halogens is 1. The van der Waals surface area contributed by atoms with Gasteiger partial charge in [-0.05, 0) is 35.6 Å². The lowest BCUT2D eigenvalue weighted by Gasteiger charge is -2.07. The summed E-state index contributed by atoms with van der Waals surface area (Å²) in [5.74, 6) is 0.0505. The van der Waals surface area contributed by atoms with Crippen LogP contribution >= 0.6 is 11.6 Å². The van der Waals surface area contributed by atoms with Crippen LogP contribution in [0.1, 0.15) is 30.0 Å². The zero-order valence-corrected chi connectivity index (χ0v) is 13.0. The summed E-state index contributed by atoms with van der Waals surface area (Å²) in [4.78, 5) is 11.9. The van der Waals surface area contributed by atoms with Crippen molar-refractivity contribution in [2.24, 2.45) is 0 Å². The van der Waals surface area contributed by atoms with Crippen molar-refractivity contribution in [1.29, 1.82) is 0 Å². The average Bonchev–Trinajstić information content (AvgIpc) is 2.52. The largest absolute Gasteiger partial charge is 0.352 e. The van der Waals surface area contributed by atoms with E-state index >= 15 is 0 Å². The maximum atomic E-state index is 11.9. The zero-order valence-electron chi connectivity index (χ0n) is 12.2. The van der Waals surface area contributed by atoms with Crippen LogP contribution in [0.3, 0.4) is 0 Å². The summed E-state index contributed by atoms with van der Waals surface area (Å²) in [6.45, 7) is 2.62. The van der Waals surface area contributed by atoms with Crippen molar-refractivity contribution in [3.8, 4) is 0 Å². The molecular formula is C18H20ClNO. The molecule has 0 aliphatic carbocycles. The van der Waals surface area contributed by atoms with E-state index in [1.807, 2.05) is 24.3 Å². The summed E-state index contributed by atoms with van der Waals surface area (Å²) in [5.41, 5.74) is 3.46. The first kappa shape index (κ1) is 15.6. The predicted molar refractivity (Wildman–Crippen MR) is 87.4 cm³/mol. The van der Waals surface area contributed by atoms with Gasteiger partial charge in [-0.1, -0.05) is 61.0 Å². The molecule has 0 heterocycles. The molecule has 110 valence electrons. The Kier molecular flexibility index (Phi) is 5.82. The number of carbonyl (C=O) groups is 1. The van der Waals surface area contributed by atoms with Gasteiger partial charge in [0.1, 0.15) is 0 Å². The van der Waals surface area contributed by atoms with Gasteiger partial charge in [0.2, 0.25) is 5.91 Å². The Hall–Kier alpha value is -1.80. The predicted octanol–water partition coefficient (Wildman–Crippen LogP) is 4.15. The molecule has 0 atom stereocenters. The van der Waals surface area contributed by atoms with Crippen molar-refractivity contribution in [3.05, 3.63) is 70.2 Å². The number of benzene rings is 2. The normalized spacial score (nSPS) is 10.4. The fraction of sp³-hybridized carbons (Fsp3) is 0.278. The summed E-state index contributed by atoms with van der Waals surface area (Å²) in [5, 5.41) is 3.60. The minimum absolute atomic E-state index is 0.0505. The van der Waals surface area contributed by atoms with Gasteiger partial charge in [-0.15, -0.1) is 0 Å². The van der Waals surface area contributed by atoms with Gasteiger partial charge in [0, 0.05) is 18.0 Å². The van der Waals surface area contributed by atoms with Crippen LogP contribution < -0.4 is 5.32 Å². The Labute approximate surface area is 131 Å². The molecule has 0 spiro atoms. The Morgan fingerprint density at radius 1 is 1.05 bits per heavy atom. The smallest absolute Gasteiger partial charge is 0.220 e. The van der Waals surface area contributed by atoms with Crippen molar-refractivity contribution in [1.82, 2.24) is 5.32 Å². The van der Waals surface area contributed by atoms with E-state index < -0.39 is 0 Å². The Bertz CT molecular complexity index is 592. The molecule has 1 amide bonds. The number of nitrogens with one attached hydrogen (secondary N) is 1. The summed E-state index contributed by atoms with van der Waals surface area (Å²) in [6.07, 6.45) is 2.30. The average molecular weight is 302 g/mol. The van der Waals surface area contributed by atoms with Gasteiger partial charge in [-0.25, -0.2) is 0 Å². The standard InChI is InChI=1S/C18H20ClNO/c1-2-14-7-9-15(10-8-14)11-12-18(21)20-13-16-5-3-4-6-17(16)19/h3-10H,2,11-13H2,1H3,(H,20,21). The summed E-state index contributed by atoms with van der Waals surface area (Å²) in [7, 11) is 0. The van der Waals surface area contributed by atoms with E-state index in [-0.39, 0.29) is 5.91 Å². The number of aryl methyl sites for hydroxylation is 2. The van der Waals surface area contributed by atoms with Gasteiger partial charge in [-0.3, -0.25) is 4.79 Å². The van der Waals surface area contributed by atoms with E-state index in [4.69, 9.17) is 11.6 Å². The maximum Gasteiger partial charge on any atom is 0.220 e. The summed E-state index contributed by atoms with van der Waals surface area (Å²) < 4.78 is 0. The van der Waals surface area contributed by atoms with E-state index in [2.05, 4.69) is 36.5 Å². The van der Waals surface area contributed by atoms with Crippen LogP contribution in [-0.4, -0.2) is 5.91 Å². The number of rotatable bonds is 6. The van der Waals surface area contributed by atoms with Gasteiger partial charge < -0.3 is 5.32 Å². The van der Waals surface area contributed by atoms with Crippen LogP contribution in [-0.2, 0) is 24.2 Å². The molecule has 0 fully saturated rings. The molecule has 2 nitrogen and oxygen atoms in total. The highest BCUT2D eigenvalue weighted by Gasteiger charge is 2.04. The summed E-state index contributed by atoms with van der Waals surface area (Å²) >= 11 is 6.06. The highest BCUT2D eigenvalue weighted by atomic mass is 35.5. The second-order valence-electron chi connectivity index (χ2n) is 5.04. The number of hydrogen-bond donors (Lipinski definition) is 1. The molecule has 1 N–H and O–H groups in total. The lowest BCUT2D eigenvalue weighted by molar-refractivity contribution is -0.121. The molecule has 2 aromatic carbocycles. The van der Waals surface area contributed by atoms with Crippen LogP contribution in [0.2, 0.25) is 5.02 Å². The minimum Gasteiger partial charge on any atom is -0.352 e. The zero-order chi connectivity index (χ0) is 15.1. The van der Waals surface area contributed by atoms with Crippen molar-refractivity contribution in [2.75, 3.05) is 0 Å². The van der Waals surface area contributed by atoms with E-state index in [0.29, 0.717) is 18.0 Å². The monoisotopic (exact) mass is 301 g/mol. The molecule has 21 heavy (non-hydrogen) atoms. The Morgan fingerprint density at radius 3 is 2.38 bits per heavy atom. The number of amides is 1. The molecule has 0 aliphatic heterocycles. The number of hydrogen-bond acceptors (Lipinski definition) is 1. The molecule has 0 saturated heterocycles. The quantitative estimate of drug-likeness (QED) is 0.853. The number of carbonyl (C=O) groups excluding carboxylic acids is 1.